The number of aromatic nitrogens is 1. The molecule has 0 amide bonds. The Balaban J connectivity index is 1.79. The highest BCUT2D eigenvalue weighted by molar-refractivity contribution is 5.49. The van der Waals surface area contributed by atoms with Crippen LogP contribution in [0.1, 0.15) is 31.7 Å². The lowest BCUT2D eigenvalue weighted by atomic mass is 10.1. The molecule has 0 bridgehead atoms. The standard InChI is InChI=1S/C15H20FN3/c1-11-3-2-6-19(10-11)15-12(7-13(16)9-18-15)8-17-14-4-5-14/h3,7,9,14,17H,2,4-6,8,10H2,1H3. The molecule has 4 heteroatoms. The van der Waals surface area contributed by atoms with E-state index in [1.54, 1.807) is 6.07 Å². The normalized spacial score (nSPS) is 19.5. The van der Waals surface area contributed by atoms with Crippen LogP contribution in [0.15, 0.2) is 23.9 Å². The number of anilines is 1. The molecule has 0 radical (unpaired) electrons. The minimum atomic E-state index is -0.249. The van der Waals surface area contributed by atoms with Crippen LogP contribution in [0, 0.1) is 5.82 Å². The van der Waals surface area contributed by atoms with E-state index in [1.807, 2.05) is 0 Å². The zero-order chi connectivity index (χ0) is 13.2. The summed E-state index contributed by atoms with van der Waals surface area (Å²) in [5, 5.41) is 3.44. The van der Waals surface area contributed by atoms with Gasteiger partial charge in [-0.05, 0) is 32.3 Å². The van der Waals surface area contributed by atoms with Crippen molar-refractivity contribution >= 4 is 5.82 Å². The van der Waals surface area contributed by atoms with Crippen LogP contribution >= 0.6 is 0 Å². The summed E-state index contributed by atoms with van der Waals surface area (Å²) < 4.78 is 13.4. The molecule has 1 saturated carbocycles. The second kappa shape index (κ2) is 5.29. The summed E-state index contributed by atoms with van der Waals surface area (Å²) >= 11 is 0. The van der Waals surface area contributed by atoms with Gasteiger partial charge in [0.2, 0.25) is 0 Å². The van der Waals surface area contributed by atoms with E-state index in [4.69, 9.17) is 0 Å². The van der Waals surface area contributed by atoms with Gasteiger partial charge in [-0.25, -0.2) is 9.37 Å². The highest BCUT2D eigenvalue weighted by atomic mass is 19.1. The first-order valence-corrected chi connectivity index (χ1v) is 7.01. The van der Waals surface area contributed by atoms with Crippen LogP contribution in [0.5, 0.6) is 0 Å². The van der Waals surface area contributed by atoms with Gasteiger partial charge in [-0.3, -0.25) is 0 Å². The summed E-state index contributed by atoms with van der Waals surface area (Å²) in [6.07, 6.45) is 7.11. The quantitative estimate of drug-likeness (QED) is 0.845. The molecule has 1 N–H and O–H groups in total. The van der Waals surface area contributed by atoms with E-state index in [-0.39, 0.29) is 5.82 Å². The molecule has 0 aromatic carbocycles. The van der Waals surface area contributed by atoms with Gasteiger partial charge in [-0.1, -0.05) is 11.6 Å². The largest absolute Gasteiger partial charge is 0.352 e. The van der Waals surface area contributed by atoms with Crippen LogP contribution < -0.4 is 10.2 Å². The highest BCUT2D eigenvalue weighted by Gasteiger charge is 2.22. The topological polar surface area (TPSA) is 28.2 Å². The first kappa shape index (κ1) is 12.6. The molecule has 1 fully saturated rings. The van der Waals surface area contributed by atoms with Crippen molar-refractivity contribution in [1.29, 1.82) is 0 Å². The van der Waals surface area contributed by atoms with Gasteiger partial charge in [0.15, 0.2) is 0 Å². The number of hydrogen-bond donors (Lipinski definition) is 1. The number of hydrogen-bond acceptors (Lipinski definition) is 3. The minimum Gasteiger partial charge on any atom is -0.352 e. The Bertz CT molecular complexity index is 494. The summed E-state index contributed by atoms with van der Waals surface area (Å²) in [7, 11) is 0. The molecule has 0 atom stereocenters. The number of pyridine rings is 1. The Morgan fingerprint density at radius 1 is 1.47 bits per heavy atom. The molecule has 1 aliphatic heterocycles. The van der Waals surface area contributed by atoms with Crippen LogP contribution in [0.4, 0.5) is 10.2 Å². The van der Waals surface area contributed by atoms with Crippen LogP contribution in [-0.4, -0.2) is 24.1 Å². The molecule has 1 aromatic rings. The maximum absolute atomic E-state index is 13.4. The molecule has 1 aliphatic carbocycles. The van der Waals surface area contributed by atoms with E-state index in [0.717, 1.165) is 30.9 Å². The first-order chi connectivity index (χ1) is 9.22. The van der Waals surface area contributed by atoms with Crippen LogP contribution in [0.3, 0.4) is 0 Å². The average Bonchev–Trinajstić information content (AvgIpc) is 3.20. The van der Waals surface area contributed by atoms with Gasteiger partial charge in [-0.15, -0.1) is 0 Å². The van der Waals surface area contributed by atoms with Crippen LogP contribution in [-0.2, 0) is 6.54 Å². The van der Waals surface area contributed by atoms with Gasteiger partial charge >= 0.3 is 0 Å². The van der Waals surface area contributed by atoms with Crippen molar-refractivity contribution in [2.45, 2.75) is 38.8 Å². The lowest BCUT2D eigenvalue weighted by molar-refractivity contribution is 0.609. The van der Waals surface area contributed by atoms with E-state index in [0.29, 0.717) is 12.6 Å². The molecule has 0 spiro atoms. The molecule has 102 valence electrons. The van der Waals surface area contributed by atoms with E-state index in [1.165, 1.54) is 24.6 Å². The van der Waals surface area contributed by atoms with E-state index in [2.05, 4.69) is 28.2 Å². The minimum absolute atomic E-state index is 0.249. The van der Waals surface area contributed by atoms with Crippen molar-refractivity contribution in [2.24, 2.45) is 0 Å². The Hall–Kier alpha value is -1.42. The lowest BCUT2D eigenvalue weighted by Gasteiger charge is -2.29. The molecule has 0 saturated heterocycles. The summed E-state index contributed by atoms with van der Waals surface area (Å²) in [6.45, 7) is 4.71. The molecule has 19 heavy (non-hydrogen) atoms. The zero-order valence-corrected chi connectivity index (χ0v) is 11.3. The second-order valence-corrected chi connectivity index (χ2v) is 5.55. The van der Waals surface area contributed by atoms with E-state index < -0.39 is 0 Å². The van der Waals surface area contributed by atoms with Crippen LogP contribution in [0.25, 0.3) is 0 Å². The van der Waals surface area contributed by atoms with Crippen molar-refractivity contribution in [3.8, 4) is 0 Å². The van der Waals surface area contributed by atoms with E-state index >= 15 is 0 Å². The summed E-state index contributed by atoms with van der Waals surface area (Å²) in [6, 6.07) is 2.24. The van der Waals surface area contributed by atoms with Gasteiger partial charge in [0.05, 0.1) is 6.20 Å². The third-order valence-electron chi connectivity index (χ3n) is 3.70. The predicted octanol–water partition coefficient (Wildman–Crippen LogP) is 2.63. The second-order valence-electron chi connectivity index (χ2n) is 5.55. The van der Waals surface area contributed by atoms with Gasteiger partial charge in [-0.2, -0.15) is 0 Å². The summed E-state index contributed by atoms with van der Waals surface area (Å²) in [4.78, 5) is 6.57. The van der Waals surface area contributed by atoms with E-state index in [9.17, 15) is 4.39 Å². The highest BCUT2D eigenvalue weighted by Crippen LogP contribution is 2.24. The third-order valence-corrected chi connectivity index (χ3v) is 3.70. The maximum atomic E-state index is 13.4. The SMILES string of the molecule is CC1=CCCN(c2ncc(F)cc2CNC2CC2)C1. The van der Waals surface area contributed by atoms with Crippen molar-refractivity contribution in [3.05, 3.63) is 35.3 Å². The molecule has 2 heterocycles. The Kier molecular flexibility index (Phi) is 3.51. The Morgan fingerprint density at radius 2 is 2.32 bits per heavy atom. The maximum Gasteiger partial charge on any atom is 0.141 e. The smallest absolute Gasteiger partial charge is 0.141 e. The fourth-order valence-electron chi connectivity index (χ4n) is 2.52. The zero-order valence-electron chi connectivity index (χ0n) is 11.3. The van der Waals surface area contributed by atoms with Crippen molar-refractivity contribution in [2.75, 3.05) is 18.0 Å². The summed E-state index contributed by atoms with van der Waals surface area (Å²) in [5.41, 5.74) is 2.33. The number of rotatable bonds is 4. The molecule has 3 nitrogen and oxygen atoms in total. The molecule has 2 aliphatic rings. The van der Waals surface area contributed by atoms with Crippen molar-refractivity contribution < 1.29 is 4.39 Å². The monoisotopic (exact) mass is 261 g/mol. The van der Waals surface area contributed by atoms with Crippen molar-refractivity contribution in [3.63, 3.8) is 0 Å². The molecule has 0 unspecified atom stereocenters. The lowest BCUT2D eigenvalue weighted by Crippen LogP contribution is -2.31. The average molecular weight is 261 g/mol. The van der Waals surface area contributed by atoms with Crippen molar-refractivity contribution in [1.82, 2.24) is 10.3 Å². The van der Waals surface area contributed by atoms with Crippen LogP contribution in [0.2, 0.25) is 0 Å². The number of nitrogens with one attached hydrogen (secondary N) is 1. The number of nitrogens with zero attached hydrogens (tertiary/aromatic N) is 2. The first-order valence-electron chi connectivity index (χ1n) is 7.01. The molecular formula is C15H20FN3. The van der Waals surface area contributed by atoms with Gasteiger partial charge in [0.25, 0.3) is 0 Å². The predicted molar refractivity (Wildman–Crippen MR) is 74.6 cm³/mol. The Morgan fingerprint density at radius 3 is 3.05 bits per heavy atom. The van der Waals surface area contributed by atoms with Gasteiger partial charge in [0, 0.05) is 31.2 Å². The Labute approximate surface area is 113 Å². The fraction of sp³-hybridized carbons (Fsp3) is 0.533. The number of halogens is 1. The van der Waals surface area contributed by atoms with Gasteiger partial charge < -0.3 is 10.2 Å². The molecular weight excluding hydrogens is 241 g/mol. The third kappa shape index (κ3) is 3.13. The van der Waals surface area contributed by atoms with Gasteiger partial charge in [0.1, 0.15) is 11.6 Å². The molecule has 3 rings (SSSR count). The molecule has 1 aromatic heterocycles. The fourth-order valence-corrected chi connectivity index (χ4v) is 2.52. The summed E-state index contributed by atoms with van der Waals surface area (Å²) in [5.74, 6) is 0.683.